The quantitative estimate of drug-likeness (QED) is 0.701. The van der Waals surface area contributed by atoms with Crippen molar-refractivity contribution >= 4 is 23.3 Å². The highest BCUT2D eigenvalue weighted by Gasteiger charge is 2.45. The Hall–Kier alpha value is -1.52. The van der Waals surface area contributed by atoms with Crippen molar-refractivity contribution in [3.05, 3.63) is 0 Å². The summed E-state index contributed by atoms with van der Waals surface area (Å²) in [4.78, 5) is 49.3. The van der Waals surface area contributed by atoms with Crippen molar-refractivity contribution in [1.82, 2.24) is 4.90 Å². The molecular formula is C14H19NO4. The second-order valence-electron chi connectivity index (χ2n) is 5.73. The van der Waals surface area contributed by atoms with E-state index in [4.69, 9.17) is 0 Å². The fourth-order valence-electron chi connectivity index (χ4n) is 2.76. The van der Waals surface area contributed by atoms with Crippen LogP contribution in [0.5, 0.6) is 0 Å². The summed E-state index contributed by atoms with van der Waals surface area (Å²) < 4.78 is 0. The van der Waals surface area contributed by atoms with Gasteiger partial charge in [0.15, 0.2) is 17.3 Å². The summed E-state index contributed by atoms with van der Waals surface area (Å²) >= 11 is 0. The Labute approximate surface area is 112 Å². The maximum absolute atomic E-state index is 12.1. The molecule has 0 saturated heterocycles. The fourth-order valence-corrected chi connectivity index (χ4v) is 2.76. The molecule has 0 unspecified atom stereocenters. The van der Waals surface area contributed by atoms with Gasteiger partial charge in [-0.1, -0.05) is 6.42 Å². The molecule has 1 amide bonds. The molecule has 0 aliphatic heterocycles. The minimum Gasteiger partial charge on any atom is -0.349 e. The van der Waals surface area contributed by atoms with Gasteiger partial charge in [0, 0.05) is 32.9 Å². The number of hydrogen-bond donors (Lipinski definition) is 0. The summed E-state index contributed by atoms with van der Waals surface area (Å²) in [6, 6.07) is 0. The smallest absolute Gasteiger partial charge is 0.226 e. The van der Waals surface area contributed by atoms with Crippen molar-refractivity contribution in [3.63, 3.8) is 0 Å². The molecule has 104 valence electrons. The van der Waals surface area contributed by atoms with Crippen molar-refractivity contribution in [2.75, 3.05) is 14.1 Å². The minimum absolute atomic E-state index is 0.0197. The number of hydrogen-bond acceptors (Lipinski definition) is 4. The monoisotopic (exact) mass is 265 g/mol. The Morgan fingerprint density at radius 3 is 1.89 bits per heavy atom. The van der Waals surface area contributed by atoms with E-state index in [-0.39, 0.29) is 42.0 Å². The maximum Gasteiger partial charge on any atom is 0.226 e. The molecule has 0 aromatic rings. The van der Waals surface area contributed by atoms with Crippen LogP contribution in [0.3, 0.4) is 0 Å². The zero-order valence-electron chi connectivity index (χ0n) is 11.3. The predicted octanol–water partition coefficient (Wildman–Crippen LogP) is 0.608. The lowest BCUT2D eigenvalue weighted by Gasteiger charge is -2.31. The largest absolute Gasteiger partial charge is 0.349 e. The van der Waals surface area contributed by atoms with Gasteiger partial charge < -0.3 is 4.90 Å². The average molecular weight is 265 g/mol. The molecule has 2 aliphatic rings. The Bertz CT molecular complexity index is 419. The van der Waals surface area contributed by atoms with E-state index < -0.39 is 11.8 Å². The van der Waals surface area contributed by atoms with Crippen LogP contribution in [0.2, 0.25) is 0 Å². The predicted molar refractivity (Wildman–Crippen MR) is 67.3 cm³/mol. The third-order valence-corrected chi connectivity index (χ3v) is 4.12. The van der Waals surface area contributed by atoms with Crippen LogP contribution in [0.25, 0.3) is 0 Å². The van der Waals surface area contributed by atoms with Crippen LogP contribution in [0.15, 0.2) is 0 Å². The van der Waals surface area contributed by atoms with E-state index >= 15 is 0 Å². The molecule has 19 heavy (non-hydrogen) atoms. The highest BCUT2D eigenvalue weighted by atomic mass is 16.2. The molecule has 0 atom stereocenters. The number of nitrogens with zero attached hydrogens (tertiary/aromatic N) is 1. The SMILES string of the molecule is CN(C)C(=O)C1CC(=O)C(C(=O)C2CCC2)C(=O)C1. The number of carbonyl (C=O) groups is 4. The molecular weight excluding hydrogens is 246 g/mol. The van der Waals surface area contributed by atoms with Gasteiger partial charge in [0.25, 0.3) is 0 Å². The molecule has 2 saturated carbocycles. The first-order chi connectivity index (χ1) is 8.91. The Balaban J connectivity index is 2.06. The van der Waals surface area contributed by atoms with Gasteiger partial charge in [-0.2, -0.15) is 0 Å². The summed E-state index contributed by atoms with van der Waals surface area (Å²) in [5.74, 6) is -2.94. The normalized spacial score (nSPS) is 27.9. The van der Waals surface area contributed by atoms with E-state index in [0.29, 0.717) is 0 Å². The summed E-state index contributed by atoms with van der Waals surface area (Å²) in [5.41, 5.74) is 0. The van der Waals surface area contributed by atoms with Gasteiger partial charge in [-0.05, 0) is 12.8 Å². The second-order valence-corrected chi connectivity index (χ2v) is 5.73. The van der Waals surface area contributed by atoms with Gasteiger partial charge in [-0.3, -0.25) is 19.2 Å². The molecule has 5 nitrogen and oxygen atoms in total. The Kier molecular flexibility index (Phi) is 3.83. The Morgan fingerprint density at radius 1 is 1.00 bits per heavy atom. The second kappa shape index (κ2) is 5.23. The topological polar surface area (TPSA) is 71.5 Å². The standard InChI is InChI=1S/C14H19NO4/c1-15(2)14(19)9-6-10(16)12(11(17)7-9)13(18)8-4-3-5-8/h8-9,12H,3-7H2,1-2H3. The molecule has 2 aliphatic carbocycles. The fraction of sp³-hybridized carbons (Fsp3) is 0.714. The summed E-state index contributed by atoms with van der Waals surface area (Å²) in [5, 5.41) is 0. The first-order valence-corrected chi connectivity index (χ1v) is 6.72. The summed E-state index contributed by atoms with van der Waals surface area (Å²) in [6.07, 6.45) is 2.61. The molecule has 2 fully saturated rings. The van der Waals surface area contributed by atoms with Crippen LogP contribution in [-0.2, 0) is 19.2 Å². The maximum atomic E-state index is 12.1. The highest BCUT2D eigenvalue weighted by molar-refractivity contribution is 6.22. The van der Waals surface area contributed by atoms with E-state index in [1.807, 2.05) is 0 Å². The molecule has 0 radical (unpaired) electrons. The lowest BCUT2D eigenvalue weighted by atomic mass is 9.70. The molecule has 0 bridgehead atoms. The van der Waals surface area contributed by atoms with E-state index in [1.165, 1.54) is 4.90 Å². The van der Waals surface area contributed by atoms with Crippen molar-refractivity contribution < 1.29 is 19.2 Å². The summed E-state index contributed by atoms with van der Waals surface area (Å²) in [6.45, 7) is 0. The Morgan fingerprint density at radius 2 is 1.53 bits per heavy atom. The zero-order valence-corrected chi connectivity index (χ0v) is 11.3. The number of carbonyl (C=O) groups excluding carboxylic acids is 4. The van der Waals surface area contributed by atoms with Gasteiger partial charge in [0.2, 0.25) is 5.91 Å². The third-order valence-electron chi connectivity index (χ3n) is 4.12. The third kappa shape index (κ3) is 2.60. The number of amides is 1. The van der Waals surface area contributed by atoms with Crippen molar-refractivity contribution in [2.24, 2.45) is 17.8 Å². The van der Waals surface area contributed by atoms with Crippen LogP contribution in [0.4, 0.5) is 0 Å². The molecule has 0 spiro atoms. The van der Waals surface area contributed by atoms with Crippen LogP contribution in [0.1, 0.15) is 32.1 Å². The van der Waals surface area contributed by atoms with E-state index in [0.717, 1.165) is 19.3 Å². The molecule has 0 heterocycles. The number of ketones is 3. The molecule has 2 rings (SSSR count). The van der Waals surface area contributed by atoms with E-state index in [1.54, 1.807) is 14.1 Å². The van der Waals surface area contributed by atoms with E-state index in [9.17, 15) is 19.2 Å². The van der Waals surface area contributed by atoms with Gasteiger partial charge in [0.1, 0.15) is 5.92 Å². The highest BCUT2D eigenvalue weighted by Crippen LogP contribution is 2.33. The minimum atomic E-state index is -1.09. The van der Waals surface area contributed by atoms with Gasteiger partial charge in [-0.15, -0.1) is 0 Å². The van der Waals surface area contributed by atoms with Crippen LogP contribution < -0.4 is 0 Å². The number of rotatable bonds is 3. The van der Waals surface area contributed by atoms with Crippen molar-refractivity contribution in [1.29, 1.82) is 0 Å². The van der Waals surface area contributed by atoms with Crippen molar-refractivity contribution in [3.8, 4) is 0 Å². The van der Waals surface area contributed by atoms with E-state index in [2.05, 4.69) is 0 Å². The van der Waals surface area contributed by atoms with Crippen LogP contribution >= 0.6 is 0 Å². The lowest BCUT2D eigenvalue weighted by molar-refractivity contribution is -0.150. The zero-order chi connectivity index (χ0) is 14.2. The van der Waals surface area contributed by atoms with Gasteiger partial charge >= 0.3 is 0 Å². The molecule has 5 heteroatoms. The molecule has 0 aromatic heterocycles. The van der Waals surface area contributed by atoms with Gasteiger partial charge in [-0.25, -0.2) is 0 Å². The summed E-state index contributed by atoms with van der Waals surface area (Å²) in [7, 11) is 3.20. The molecule has 0 aromatic carbocycles. The average Bonchev–Trinajstić information content (AvgIpc) is 2.24. The van der Waals surface area contributed by atoms with Crippen LogP contribution in [-0.4, -0.2) is 42.3 Å². The molecule has 0 N–H and O–H groups in total. The van der Waals surface area contributed by atoms with Crippen molar-refractivity contribution in [2.45, 2.75) is 32.1 Å². The first kappa shape index (κ1) is 13.9. The number of Topliss-reactive ketones (excluding diaryl/α,β-unsaturated/α-hetero) is 3. The van der Waals surface area contributed by atoms with Gasteiger partial charge in [0.05, 0.1) is 5.92 Å². The lowest BCUT2D eigenvalue weighted by Crippen LogP contribution is -2.45. The first-order valence-electron chi connectivity index (χ1n) is 6.72. The van der Waals surface area contributed by atoms with Crippen LogP contribution in [0, 0.1) is 17.8 Å².